The first kappa shape index (κ1) is 24.1. The first-order valence-electron chi connectivity index (χ1n) is 10.1. The SMILES string of the molecule is C=C(C)C(=O)NCCCCC1CCCN(CC(=O)O)CCN(CC(=O)O)CC1. The summed E-state index contributed by atoms with van der Waals surface area (Å²) in [7, 11) is 0. The van der Waals surface area contributed by atoms with Gasteiger partial charge in [-0.15, -0.1) is 0 Å². The van der Waals surface area contributed by atoms with Crippen molar-refractivity contribution in [1.82, 2.24) is 15.1 Å². The van der Waals surface area contributed by atoms with Crippen LogP contribution in [-0.4, -0.2) is 83.7 Å². The van der Waals surface area contributed by atoms with Crippen LogP contribution in [-0.2, 0) is 14.4 Å². The van der Waals surface area contributed by atoms with Crippen molar-refractivity contribution >= 4 is 17.8 Å². The largest absolute Gasteiger partial charge is 0.480 e. The van der Waals surface area contributed by atoms with E-state index < -0.39 is 11.9 Å². The Balaban J connectivity index is 2.49. The van der Waals surface area contributed by atoms with Gasteiger partial charge in [0.05, 0.1) is 13.1 Å². The molecule has 0 aromatic carbocycles. The minimum atomic E-state index is -0.855. The van der Waals surface area contributed by atoms with Gasteiger partial charge in [-0.25, -0.2) is 0 Å². The molecule has 28 heavy (non-hydrogen) atoms. The predicted molar refractivity (Wildman–Crippen MR) is 107 cm³/mol. The highest BCUT2D eigenvalue weighted by atomic mass is 16.4. The Kier molecular flexibility index (Phi) is 11.4. The first-order valence-corrected chi connectivity index (χ1v) is 10.1. The maximum Gasteiger partial charge on any atom is 0.317 e. The van der Waals surface area contributed by atoms with Crippen LogP contribution in [0.4, 0.5) is 0 Å². The van der Waals surface area contributed by atoms with Crippen molar-refractivity contribution in [2.75, 3.05) is 45.8 Å². The molecular formula is C20H35N3O5. The second-order valence-electron chi connectivity index (χ2n) is 7.67. The standard InChI is InChI=1S/C20H35N3O5/c1-16(2)20(28)21-9-4-3-6-17-7-5-10-22(14-18(24)25)12-13-23(11-8-17)15-19(26)27/h17H,1,3-15H2,2H3,(H,21,28)(H,24,25)(H,26,27). The molecule has 0 aliphatic carbocycles. The first-order chi connectivity index (χ1) is 13.3. The Morgan fingerprint density at radius 2 is 1.57 bits per heavy atom. The second-order valence-corrected chi connectivity index (χ2v) is 7.67. The normalized spacial score (nSPS) is 19.7. The van der Waals surface area contributed by atoms with E-state index in [1.807, 2.05) is 9.80 Å². The lowest BCUT2D eigenvalue weighted by atomic mass is 9.92. The number of hydrogen-bond donors (Lipinski definition) is 3. The van der Waals surface area contributed by atoms with E-state index in [1.54, 1.807) is 6.92 Å². The van der Waals surface area contributed by atoms with Crippen LogP contribution < -0.4 is 5.32 Å². The Hall–Kier alpha value is -1.93. The van der Waals surface area contributed by atoms with E-state index >= 15 is 0 Å². The van der Waals surface area contributed by atoms with E-state index in [0.29, 0.717) is 37.7 Å². The monoisotopic (exact) mass is 397 g/mol. The number of carbonyl (C=O) groups excluding carboxylic acids is 1. The molecule has 0 aromatic heterocycles. The maximum absolute atomic E-state index is 11.5. The fourth-order valence-electron chi connectivity index (χ4n) is 3.52. The smallest absolute Gasteiger partial charge is 0.317 e. The highest BCUT2D eigenvalue weighted by Gasteiger charge is 2.19. The molecule has 160 valence electrons. The molecule has 0 spiro atoms. The molecule has 1 saturated heterocycles. The van der Waals surface area contributed by atoms with Crippen molar-refractivity contribution in [3.8, 4) is 0 Å². The zero-order valence-electron chi connectivity index (χ0n) is 17.0. The topological polar surface area (TPSA) is 110 Å². The van der Waals surface area contributed by atoms with Gasteiger partial charge in [-0.3, -0.25) is 24.2 Å². The van der Waals surface area contributed by atoms with E-state index in [9.17, 15) is 14.4 Å². The molecule has 0 saturated carbocycles. The summed E-state index contributed by atoms with van der Waals surface area (Å²) in [6.45, 7) is 8.50. The van der Waals surface area contributed by atoms with Gasteiger partial charge in [0, 0.05) is 25.2 Å². The number of carbonyl (C=O) groups is 3. The lowest BCUT2D eigenvalue weighted by Gasteiger charge is -2.30. The van der Waals surface area contributed by atoms with Crippen molar-refractivity contribution < 1.29 is 24.6 Å². The van der Waals surface area contributed by atoms with Crippen LogP contribution in [0.2, 0.25) is 0 Å². The maximum atomic E-state index is 11.5. The minimum Gasteiger partial charge on any atom is -0.480 e. The summed E-state index contributed by atoms with van der Waals surface area (Å²) in [5, 5.41) is 21.0. The van der Waals surface area contributed by atoms with Crippen LogP contribution in [0.25, 0.3) is 0 Å². The van der Waals surface area contributed by atoms with Crippen LogP contribution in [0.3, 0.4) is 0 Å². The van der Waals surface area contributed by atoms with Gasteiger partial charge in [0.1, 0.15) is 0 Å². The van der Waals surface area contributed by atoms with E-state index in [1.165, 1.54) is 0 Å². The van der Waals surface area contributed by atoms with E-state index in [-0.39, 0.29) is 19.0 Å². The van der Waals surface area contributed by atoms with Crippen molar-refractivity contribution in [3.05, 3.63) is 12.2 Å². The van der Waals surface area contributed by atoms with Crippen molar-refractivity contribution in [1.29, 1.82) is 0 Å². The molecule has 1 rings (SSSR count). The van der Waals surface area contributed by atoms with Gasteiger partial charge in [0.15, 0.2) is 0 Å². The zero-order valence-corrected chi connectivity index (χ0v) is 17.0. The molecule has 0 radical (unpaired) electrons. The Morgan fingerprint density at radius 1 is 0.964 bits per heavy atom. The van der Waals surface area contributed by atoms with E-state index in [4.69, 9.17) is 10.2 Å². The third-order valence-electron chi connectivity index (χ3n) is 5.10. The van der Waals surface area contributed by atoms with Crippen molar-refractivity contribution in [2.24, 2.45) is 5.92 Å². The predicted octanol–water partition coefficient (Wildman–Crippen LogP) is 1.42. The molecule has 1 fully saturated rings. The van der Waals surface area contributed by atoms with E-state index in [2.05, 4.69) is 11.9 Å². The molecule has 0 aromatic rings. The van der Waals surface area contributed by atoms with Gasteiger partial charge in [0.2, 0.25) is 5.91 Å². The van der Waals surface area contributed by atoms with Crippen molar-refractivity contribution in [3.63, 3.8) is 0 Å². The Labute approximate surface area is 167 Å². The number of aliphatic carboxylic acids is 2. The number of carboxylic acids is 2. The van der Waals surface area contributed by atoms with Crippen LogP contribution in [0.5, 0.6) is 0 Å². The quantitative estimate of drug-likeness (QED) is 0.378. The molecule has 1 heterocycles. The van der Waals surface area contributed by atoms with Gasteiger partial charge >= 0.3 is 11.9 Å². The molecular weight excluding hydrogens is 362 g/mol. The summed E-state index contributed by atoms with van der Waals surface area (Å²) < 4.78 is 0. The fourth-order valence-corrected chi connectivity index (χ4v) is 3.52. The number of hydrogen-bond acceptors (Lipinski definition) is 5. The van der Waals surface area contributed by atoms with Crippen molar-refractivity contribution in [2.45, 2.75) is 45.4 Å². The number of unbranched alkanes of at least 4 members (excludes halogenated alkanes) is 1. The molecule has 1 atom stereocenters. The summed E-state index contributed by atoms with van der Waals surface area (Å²) >= 11 is 0. The average molecular weight is 398 g/mol. The minimum absolute atomic E-state index is 0.00596. The fraction of sp³-hybridized carbons (Fsp3) is 0.750. The molecule has 3 N–H and O–H groups in total. The van der Waals surface area contributed by atoms with Gasteiger partial charge < -0.3 is 15.5 Å². The molecule has 1 unspecified atom stereocenters. The summed E-state index contributed by atoms with van der Waals surface area (Å²) in [4.78, 5) is 37.5. The van der Waals surface area contributed by atoms with Gasteiger partial charge in [-0.05, 0) is 51.6 Å². The Morgan fingerprint density at radius 3 is 2.14 bits per heavy atom. The molecule has 1 aliphatic rings. The highest BCUT2D eigenvalue weighted by molar-refractivity contribution is 5.91. The molecule has 8 nitrogen and oxygen atoms in total. The number of nitrogens with one attached hydrogen (secondary N) is 1. The third kappa shape index (κ3) is 11.0. The van der Waals surface area contributed by atoms with Crippen LogP contribution in [0, 0.1) is 5.92 Å². The lowest BCUT2D eigenvalue weighted by molar-refractivity contribution is -0.140. The molecule has 1 amide bonds. The average Bonchev–Trinajstić information content (AvgIpc) is 2.61. The number of rotatable bonds is 10. The van der Waals surface area contributed by atoms with Gasteiger partial charge in [-0.2, -0.15) is 0 Å². The van der Waals surface area contributed by atoms with Crippen LogP contribution in [0.1, 0.15) is 45.4 Å². The molecule has 0 bridgehead atoms. The summed E-state index contributed by atoms with van der Waals surface area (Å²) in [5.41, 5.74) is 0.511. The van der Waals surface area contributed by atoms with Gasteiger partial charge in [-0.1, -0.05) is 19.4 Å². The lowest BCUT2D eigenvalue weighted by Crippen LogP contribution is -2.41. The summed E-state index contributed by atoms with van der Waals surface area (Å²) in [5.74, 6) is -1.33. The van der Waals surface area contributed by atoms with E-state index in [0.717, 1.165) is 45.1 Å². The highest BCUT2D eigenvalue weighted by Crippen LogP contribution is 2.20. The Bertz CT molecular complexity index is 538. The number of amides is 1. The molecule has 8 heteroatoms. The summed E-state index contributed by atoms with van der Waals surface area (Å²) in [6.07, 6.45) is 5.84. The third-order valence-corrected chi connectivity index (χ3v) is 5.10. The molecule has 1 aliphatic heterocycles. The number of nitrogens with zero attached hydrogens (tertiary/aromatic N) is 2. The zero-order chi connectivity index (χ0) is 20.9. The van der Waals surface area contributed by atoms with Crippen LogP contribution in [0.15, 0.2) is 12.2 Å². The van der Waals surface area contributed by atoms with Crippen LogP contribution >= 0.6 is 0 Å². The number of carboxylic acid groups (broad SMARTS) is 2. The van der Waals surface area contributed by atoms with Gasteiger partial charge in [0.25, 0.3) is 0 Å². The summed E-state index contributed by atoms with van der Waals surface area (Å²) in [6, 6.07) is 0. The second kappa shape index (κ2) is 13.3.